The maximum atomic E-state index is 12.7. The summed E-state index contributed by atoms with van der Waals surface area (Å²) in [5, 5.41) is 17.3. The van der Waals surface area contributed by atoms with Crippen molar-refractivity contribution >= 4 is 28.3 Å². The monoisotopic (exact) mass is 488 g/mol. The van der Waals surface area contributed by atoms with Gasteiger partial charge in [0, 0.05) is 34.4 Å². The molecule has 0 saturated carbocycles. The van der Waals surface area contributed by atoms with E-state index in [1.165, 1.54) is 16.9 Å². The molecule has 9 heteroatoms. The molecule has 2 aromatic carbocycles. The van der Waals surface area contributed by atoms with E-state index in [-0.39, 0.29) is 12.5 Å². The molecule has 3 heterocycles. The Morgan fingerprint density at radius 3 is 2.89 bits per heavy atom. The number of anilines is 1. The molecule has 0 radical (unpaired) electrons. The Bertz CT molecular complexity index is 1330. The third kappa shape index (κ3) is 4.76. The van der Waals surface area contributed by atoms with Crippen LogP contribution in [0.3, 0.4) is 0 Å². The second-order valence-electron chi connectivity index (χ2n) is 8.88. The fraction of sp³-hybridized carbons (Fsp3) is 0.308. The Morgan fingerprint density at radius 1 is 1.26 bits per heavy atom. The second kappa shape index (κ2) is 9.49. The number of hydrogen-bond donors (Lipinski definition) is 2. The lowest BCUT2D eigenvalue weighted by Crippen LogP contribution is -2.33. The van der Waals surface area contributed by atoms with Gasteiger partial charge in [-0.25, -0.2) is 4.98 Å². The van der Waals surface area contributed by atoms with Gasteiger partial charge >= 0.3 is 0 Å². The number of aromatic nitrogens is 1. The van der Waals surface area contributed by atoms with Crippen molar-refractivity contribution in [1.82, 2.24) is 10.3 Å². The van der Waals surface area contributed by atoms with Crippen LogP contribution in [0, 0.1) is 11.3 Å². The quantitative estimate of drug-likeness (QED) is 0.545. The summed E-state index contributed by atoms with van der Waals surface area (Å²) in [6, 6.07) is 15.5. The molecule has 2 N–H and O–H groups in total. The average molecular weight is 489 g/mol. The molecule has 1 atom stereocenters. The second-order valence-corrected chi connectivity index (χ2v) is 9.74. The van der Waals surface area contributed by atoms with Crippen LogP contribution in [0.25, 0.3) is 11.3 Å². The van der Waals surface area contributed by atoms with Crippen LogP contribution in [-0.4, -0.2) is 43.2 Å². The zero-order valence-corrected chi connectivity index (χ0v) is 20.0. The van der Waals surface area contributed by atoms with Crippen LogP contribution in [0.5, 0.6) is 5.75 Å². The van der Waals surface area contributed by atoms with Gasteiger partial charge in [0.25, 0.3) is 5.91 Å². The molecule has 0 aliphatic carbocycles. The van der Waals surface area contributed by atoms with Crippen molar-refractivity contribution in [2.24, 2.45) is 0 Å². The Balaban J connectivity index is 1.19. The van der Waals surface area contributed by atoms with Crippen molar-refractivity contribution < 1.29 is 19.1 Å². The van der Waals surface area contributed by atoms with E-state index in [0.29, 0.717) is 41.0 Å². The summed E-state index contributed by atoms with van der Waals surface area (Å²) in [5.41, 5.74) is 3.34. The van der Waals surface area contributed by atoms with Gasteiger partial charge in [-0.05, 0) is 36.8 Å². The molecule has 0 unspecified atom stereocenters. The maximum absolute atomic E-state index is 12.7. The third-order valence-corrected chi connectivity index (χ3v) is 7.15. The van der Waals surface area contributed by atoms with E-state index in [4.69, 9.17) is 9.47 Å². The molecule has 2 aliphatic rings. The highest BCUT2D eigenvalue weighted by Crippen LogP contribution is 2.38. The van der Waals surface area contributed by atoms with Crippen molar-refractivity contribution in [3.05, 3.63) is 64.5 Å². The van der Waals surface area contributed by atoms with Gasteiger partial charge in [0.15, 0.2) is 5.13 Å². The normalized spacial score (nSPS) is 19.0. The number of benzene rings is 2. The van der Waals surface area contributed by atoms with Crippen LogP contribution >= 0.6 is 11.3 Å². The van der Waals surface area contributed by atoms with Gasteiger partial charge in [-0.1, -0.05) is 18.2 Å². The fourth-order valence-corrected chi connectivity index (χ4v) is 4.85. The van der Waals surface area contributed by atoms with Gasteiger partial charge in [0.1, 0.15) is 5.75 Å². The Kier molecular flexibility index (Phi) is 6.24. The van der Waals surface area contributed by atoms with Crippen LogP contribution in [0.4, 0.5) is 5.13 Å². The molecular weight excluding hydrogens is 464 g/mol. The van der Waals surface area contributed by atoms with E-state index < -0.39 is 11.3 Å². The number of nitrogens with one attached hydrogen (secondary N) is 2. The van der Waals surface area contributed by atoms with Gasteiger partial charge in [-0.2, -0.15) is 5.26 Å². The van der Waals surface area contributed by atoms with Crippen molar-refractivity contribution in [2.75, 3.05) is 31.7 Å². The lowest BCUT2D eigenvalue weighted by Gasteiger charge is -2.30. The van der Waals surface area contributed by atoms with E-state index in [1.54, 1.807) is 18.2 Å². The molecule has 2 amide bonds. The van der Waals surface area contributed by atoms with Crippen LogP contribution in [0.15, 0.2) is 47.8 Å². The lowest BCUT2D eigenvalue weighted by atomic mass is 9.78. The summed E-state index contributed by atoms with van der Waals surface area (Å²) < 4.78 is 10.9. The number of carbonyl (C=O) groups excluding carboxylic acids is 2. The summed E-state index contributed by atoms with van der Waals surface area (Å²) in [6.45, 7) is 3.58. The molecule has 0 spiro atoms. The Labute approximate surface area is 206 Å². The van der Waals surface area contributed by atoms with E-state index >= 15 is 0 Å². The fourth-order valence-electron chi connectivity index (χ4n) is 4.11. The van der Waals surface area contributed by atoms with E-state index in [0.717, 1.165) is 24.5 Å². The molecule has 2 aliphatic heterocycles. The zero-order valence-electron chi connectivity index (χ0n) is 19.2. The molecule has 1 fully saturated rings. The number of fused-ring (bicyclic) bond motifs is 1. The van der Waals surface area contributed by atoms with Crippen molar-refractivity contribution in [1.29, 1.82) is 5.26 Å². The van der Waals surface area contributed by atoms with Gasteiger partial charge in [-0.15, -0.1) is 11.3 Å². The summed E-state index contributed by atoms with van der Waals surface area (Å²) in [7, 11) is 0. The van der Waals surface area contributed by atoms with Crippen molar-refractivity contribution in [3.63, 3.8) is 0 Å². The molecule has 0 bridgehead atoms. The predicted octanol–water partition coefficient (Wildman–Crippen LogP) is 3.86. The van der Waals surface area contributed by atoms with Gasteiger partial charge in [0.2, 0.25) is 5.91 Å². The average Bonchev–Trinajstić information content (AvgIpc) is 3.30. The molecule has 3 aromatic rings. The number of ether oxygens (including phenoxy) is 2. The number of carbonyl (C=O) groups is 2. The first-order valence-electron chi connectivity index (χ1n) is 11.4. The number of amides is 2. The number of hydrogen-bond acceptors (Lipinski definition) is 7. The number of rotatable bonds is 6. The van der Waals surface area contributed by atoms with E-state index in [1.807, 2.05) is 24.4 Å². The lowest BCUT2D eigenvalue weighted by molar-refractivity contribution is -0.115. The summed E-state index contributed by atoms with van der Waals surface area (Å²) >= 11 is 1.33. The molecular formula is C26H24N4O4S. The Hall–Kier alpha value is -3.74. The molecule has 178 valence electrons. The first kappa shape index (κ1) is 23.0. The van der Waals surface area contributed by atoms with Crippen molar-refractivity contribution in [2.45, 2.75) is 24.7 Å². The highest BCUT2D eigenvalue weighted by molar-refractivity contribution is 7.14. The minimum absolute atomic E-state index is 0.200. The van der Waals surface area contributed by atoms with Crippen LogP contribution < -0.4 is 15.4 Å². The maximum Gasteiger partial charge on any atom is 0.251 e. The first-order valence-corrected chi connectivity index (χ1v) is 12.2. The van der Waals surface area contributed by atoms with Gasteiger partial charge in [0.05, 0.1) is 43.5 Å². The van der Waals surface area contributed by atoms with E-state index in [2.05, 4.69) is 33.8 Å². The minimum atomic E-state index is -0.713. The van der Waals surface area contributed by atoms with Crippen molar-refractivity contribution in [3.8, 4) is 23.1 Å². The highest BCUT2D eigenvalue weighted by atomic mass is 32.1. The predicted molar refractivity (Wildman–Crippen MR) is 132 cm³/mol. The summed E-state index contributed by atoms with van der Waals surface area (Å²) in [5.74, 6) is 0.265. The SMILES string of the molecule is C[C@]1(C#N)CCOc2ccc(C(=O)NCC(=O)Nc3nc(-c4cccc(C5COC5)c4)cs3)cc21. The zero-order chi connectivity index (χ0) is 24.4. The number of nitriles is 1. The molecule has 8 nitrogen and oxygen atoms in total. The Morgan fingerprint density at radius 2 is 2.11 bits per heavy atom. The first-order chi connectivity index (χ1) is 16.9. The highest BCUT2D eigenvalue weighted by Gasteiger charge is 2.34. The summed E-state index contributed by atoms with van der Waals surface area (Å²) in [4.78, 5) is 29.6. The minimum Gasteiger partial charge on any atom is -0.493 e. The summed E-state index contributed by atoms with van der Waals surface area (Å²) in [6.07, 6.45) is 0.555. The van der Waals surface area contributed by atoms with Crippen LogP contribution in [0.2, 0.25) is 0 Å². The molecule has 5 rings (SSSR count). The molecule has 1 aromatic heterocycles. The number of nitrogens with zero attached hydrogens (tertiary/aromatic N) is 2. The molecule has 35 heavy (non-hydrogen) atoms. The van der Waals surface area contributed by atoms with Crippen LogP contribution in [0.1, 0.15) is 40.7 Å². The van der Waals surface area contributed by atoms with E-state index in [9.17, 15) is 14.9 Å². The molecule has 1 saturated heterocycles. The smallest absolute Gasteiger partial charge is 0.251 e. The standard InChI is InChI=1S/C26H24N4O4S/c1-26(15-27)7-8-34-22-6-5-18(10-20(22)26)24(32)28-11-23(31)30-25-29-21(14-35-25)17-4-2-3-16(9-17)19-12-33-13-19/h2-6,9-10,14,19H,7-8,11-13H2,1H3,(H,28,32)(H,29,30,31)/t26-/m1/s1. The number of thiazole rings is 1. The van der Waals surface area contributed by atoms with Gasteiger partial charge < -0.3 is 20.1 Å². The van der Waals surface area contributed by atoms with Gasteiger partial charge in [-0.3, -0.25) is 9.59 Å². The third-order valence-electron chi connectivity index (χ3n) is 6.39. The van der Waals surface area contributed by atoms with Crippen LogP contribution in [-0.2, 0) is 14.9 Å². The topological polar surface area (TPSA) is 113 Å². The largest absolute Gasteiger partial charge is 0.493 e.